The van der Waals surface area contributed by atoms with Gasteiger partial charge in [-0.2, -0.15) is 0 Å². The summed E-state index contributed by atoms with van der Waals surface area (Å²) in [5, 5.41) is 13.5. The highest BCUT2D eigenvalue weighted by molar-refractivity contribution is 5.92. The van der Waals surface area contributed by atoms with Crippen molar-refractivity contribution in [3.05, 3.63) is 30.6 Å². The Labute approximate surface area is 129 Å². The number of aromatic nitrogens is 2. The van der Waals surface area contributed by atoms with Crippen molar-refractivity contribution in [3.8, 4) is 0 Å². The highest BCUT2D eigenvalue weighted by atomic mass is 16.3. The normalized spacial score (nSPS) is 16.6. The molecule has 6 heteroatoms. The summed E-state index contributed by atoms with van der Waals surface area (Å²) in [6, 6.07) is 7.33. The van der Waals surface area contributed by atoms with E-state index >= 15 is 0 Å². The molecule has 0 saturated carbocycles. The minimum absolute atomic E-state index is 0.00277. The van der Waals surface area contributed by atoms with Crippen LogP contribution in [0.5, 0.6) is 0 Å². The van der Waals surface area contributed by atoms with Gasteiger partial charge in [-0.25, -0.2) is 9.97 Å². The first-order chi connectivity index (χ1) is 10.6. The smallest absolute Gasteiger partial charge is 0.245 e. The molecule has 1 aliphatic heterocycles. The van der Waals surface area contributed by atoms with Gasteiger partial charge >= 0.3 is 0 Å². The van der Waals surface area contributed by atoms with Gasteiger partial charge in [0.25, 0.3) is 0 Å². The number of amides is 1. The predicted octanol–water partition coefficient (Wildman–Crippen LogP) is 1.27. The van der Waals surface area contributed by atoms with Crippen LogP contribution in [-0.4, -0.2) is 51.1 Å². The number of hydrogen-bond donors (Lipinski definition) is 2. The summed E-state index contributed by atoms with van der Waals surface area (Å²) in [5.41, 5.74) is 0.842. The van der Waals surface area contributed by atoms with Gasteiger partial charge in [0.2, 0.25) is 5.91 Å². The molecule has 1 aliphatic rings. The van der Waals surface area contributed by atoms with Crippen molar-refractivity contribution in [2.45, 2.75) is 26.0 Å². The molecule has 6 nitrogen and oxygen atoms in total. The van der Waals surface area contributed by atoms with Gasteiger partial charge in [0.1, 0.15) is 18.2 Å². The fourth-order valence-electron chi connectivity index (χ4n) is 2.61. The van der Waals surface area contributed by atoms with E-state index in [1.54, 1.807) is 4.90 Å². The number of likely N-dealkylation sites (tertiary alicyclic amines) is 1. The number of hydrogen-bond acceptors (Lipinski definition) is 5. The lowest BCUT2D eigenvalue weighted by molar-refractivity contribution is -0.143. The molecule has 0 unspecified atom stereocenters. The lowest BCUT2D eigenvalue weighted by Gasteiger charge is -2.39. The molecule has 2 N–H and O–H groups in total. The number of para-hydroxylation sites is 1. The first-order valence-electron chi connectivity index (χ1n) is 7.49. The maximum Gasteiger partial charge on any atom is 0.245 e. The summed E-state index contributed by atoms with van der Waals surface area (Å²) in [6.07, 6.45) is 1.11. The van der Waals surface area contributed by atoms with E-state index in [2.05, 4.69) is 15.3 Å². The Morgan fingerprint density at radius 1 is 1.32 bits per heavy atom. The van der Waals surface area contributed by atoms with E-state index < -0.39 is 6.10 Å². The molecule has 0 radical (unpaired) electrons. The number of rotatable bonds is 4. The second kappa shape index (κ2) is 5.88. The Morgan fingerprint density at radius 2 is 2.05 bits per heavy atom. The molecule has 2 aromatic rings. The minimum Gasteiger partial charge on any atom is -0.389 e. The number of fused-ring (bicyclic) bond motifs is 1. The van der Waals surface area contributed by atoms with E-state index in [9.17, 15) is 9.90 Å². The van der Waals surface area contributed by atoms with Crippen LogP contribution < -0.4 is 5.32 Å². The number of β-amino-alcohol motifs (C(OH)–C–C–N with tert-alkyl or cyclic N) is 1. The first-order valence-corrected chi connectivity index (χ1v) is 7.49. The third-order valence-electron chi connectivity index (χ3n) is 3.94. The van der Waals surface area contributed by atoms with E-state index in [-0.39, 0.29) is 17.9 Å². The Hall–Kier alpha value is -2.21. The first kappa shape index (κ1) is 14.7. The monoisotopic (exact) mass is 300 g/mol. The van der Waals surface area contributed by atoms with Crippen LogP contribution in [0.4, 0.5) is 5.82 Å². The van der Waals surface area contributed by atoms with E-state index in [0.717, 1.165) is 10.9 Å². The largest absolute Gasteiger partial charge is 0.389 e. The summed E-state index contributed by atoms with van der Waals surface area (Å²) < 4.78 is 0. The zero-order valence-corrected chi connectivity index (χ0v) is 12.7. The highest BCUT2D eigenvalue weighted by Crippen LogP contribution is 2.22. The van der Waals surface area contributed by atoms with Crippen LogP contribution in [-0.2, 0) is 4.79 Å². The Kier molecular flexibility index (Phi) is 3.94. The molecule has 2 heterocycles. The lowest BCUT2D eigenvalue weighted by Crippen LogP contribution is -2.58. The molecule has 1 atom stereocenters. The Bertz CT molecular complexity index is 677. The number of carbonyl (C=O) groups excluding carboxylic acids is 1. The van der Waals surface area contributed by atoms with Crippen LogP contribution in [0.1, 0.15) is 13.8 Å². The summed E-state index contributed by atoms with van der Waals surface area (Å²) in [5.74, 6) is 0.778. The number of carbonyl (C=O) groups is 1. The molecule has 1 saturated heterocycles. The summed E-state index contributed by atoms with van der Waals surface area (Å²) in [7, 11) is 0. The van der Waals surface area contributed by atoms with Crippen molar-refractivity contribution in [1.82, 2.24) is 14.9 Å². The van der Waals surface area contributed by atoms with Crippen molar-refractivity contribution in [2.24, 2.45) is 5.92 Å². The van der Waals surface area contributed by atoms with Crippen molar-refractivity contribution in [1.29, 1.82) is 0 Å². The molecule has 0 aliphatic carbocycles. The van der Waals surface area contributed by atoms with Crippen LogP contribution in [0.15, 0.2) is 30.6 Å². The quantitative estimate of drug-likeness (QED) is 0.889. The van der Waals surface area contributed by atoms with Crippen LogP contribution in [0.2, 0.25) is 0 Å². The number of nitrogens with zero attached hydrogens (tertiary/aromatic N) is 3. The minimum atomic E-state index is -0.392. The fraction of sp³-hybridized carbons (Fsp3) is 0.438. The molecular formula is C16H20N4O2. The lowest BCUT2D eigenvalue weighted by atomic mass is 10.00. The molecule has 1 aromatic carbocycles. The molecule has 0 bridgehead atoms. The van der Waals surface area contributed by atoms with Gasteiger partial charge in [-0.15, -0.1) is 0 Å². The zero-order chi connectivity index (χ0) is 15.7. The van der Waals surface area contributed by atoms with Crippen molar-refractivity contribution >= 4 is 22.6 Å². The molecule has 3 rings (SSSR count). The number of aliphatic hydroxyl groups excluding tert-OH is 1. The summed E-state index contributed by atoms with van der Waals surface area (Å²) in [6.45, 7) is 4.81. The zero-order valence-electron chi connectivity index (χ0n) is 12.7. The molecule has 1 aromatic heterocycles. The summed E-state index contributed by atoms with van der Waals surface area (Å²) in [4.78, 5) is 22.8. The number of nitrogens with one attached hydrogen (secondary N) is 1. The maximum absolute atomic E-state index is 12.6. The second-order valence-corrected chi connectivity index (χ2v) is 6.00. The van der Waals surface area contributed by atoms with Gasteiger partial charge in [0.15, 0.2) is 0 Å². The van der Waals surface area contributed by atoms with Gasteiger partial charge < -0.3 is 15.3 Å². The van der Waals surface area contributed by atoms with Gasteiger partial charge in [-0.1, -0.05) is 26.0 Å². The van der Waals surface area contributed by atoms with E-state index in [1.165, 1.54) is 6.33 Å². The predicted molar refractivity (Wildman–Crippen MR) is 84.4 cm³/mol. The van der Waals surface area contributed by atoms with Crippen molar-refractivity contribution < 1.29 is 9.90 Å². The van der Waals surface area contributed by atoms with Gasteiger partial charge in [-0.3, -0.25) is 4.79 Å². The maximum atomic E-state index is 12.6. The second-order valence-electron chi connectivity index (χ2n) is 6.00. The Balaban J connectivity index is 1.85. The van der Waals surface area contributed by atoms with Crippen molar-refractivity contribution in [2.75, 3.05) is 18.4 Å². The third kappa shape index (κ3) is 2.74. The van der Waals surface area contributed by atoms with Gasteiger partial charge in [-0.05, 0) is 18.1 Å². The topological polar surface area (TPSA) is 78.4 Å². The fourth-order valence-corrected chi connectivity index (χ4v) is 2.61. The average Bonchev–Trinajstić information content (AvgIpc) is 2.48. The highest BCUT2D eigenvalue weighted by Gasteiger charge is 2.35. The van der Waals surface area contributed by atoms with E-state index in [1.807, 2.05) is 38.1 Å². The molecular weight excluding hydrogens is 280 g/mol. The standard InChI is InChI=1S/C16H20N4O2/c1-10(2)14(16(22)20-7-11(21)8-20)19-15-12-5-3-4-6-13(12)17-9-18-15/h3-6,9-11,14,21H,7-8H2,1-2H3,(H,17,18,19)/t14-/m0/s1. The van der Waals surface area contributed by atoms with E-state index in [0.29, 0.717) is 18.9 Å². The molecule has 0 spiro atoms. The molecule has 116 valence electrons. The Morgan fingerprint density at radius 3 is 2.73 bits per heavy atom. The van der Waals surface area contributed by atoms with Crippen LogP contribution in [0, 0.1) is 5.92 Å². The van der Waals surface area contributed by atoms with Gasteiger partial charge in [0.05, 0.1) is 11.6 Å². The van der Waals surface area contributed by atoms with Crippen LogP contribution in [0.25, 0.3) is 10.9 Å². The number of aliphatic hydroxyl groups is 1. The summed E-state index contributed by atoms with van der Waals surface area (Å²) >= 11 is 0. The molecule has 22 heavy (non-hydrogen) atoms. The van der Waals surface area contributed by atoms with E-state index in [4.69, 9.17) is 0 Å². The molecule has 1 amide bonds. The molecule has 1 fully saturated rings. The van der Waals surface area contributed by atoms with Crippen molar-refractivity contribution in [3.63, 3.8) is 0 Å². The number of anilines is 1. The average molecular weight is 300 g/mol. The third-order valence-corrected chi connectivity index (χ3v) is 3.94. The van der Waals surface area contributed by atoms with Crippen LogP contribution in [0.3, 0.4) is 0 Å². The van der Waals surface area contributed by atoms with Gasteiger partial charge in [0, 0.05) is 18.5 Å². The van der Waals surface area contributed by atoms with Crippen LogP contribution >= 0.6 is 0 Å². The SMILES string of the molecule is CC(C)[C@H](Nc1ncnc2ccccc12)C(=O)N1CC(O)C1. The number of benzene rings is 1.